The number of likely N-dealkylation sites (N-methyl/N-ethyl adjacent to an activating group) is 2. The number of carbonyl (C=O) groups excluding carboxylic acids is 6. The molecule has 6 rings (SSSR count). The molecule has 4 N–H and O–H groups in total. The maximum atomic E-state index is 14.4. The highest BCUT2D eigenvalue weighted by atomic mass is 32.2. The van der Waals surface area contributed by atoms with Crippen molar-refractivity contribution < 1.29 is 64.2 Å². The Balaban J connectivity index is 1.24. The van der Waals surface area contributed by atoms with Crippen LogP contribution in [0.25, 0.3) is 0 Å². The minimum Gasteiger partial charge on any atom is -0.453 e. The lowest BCUT2D eigenvalue weighted by Crippen LogP contribution is -2.54. The van der Waals surface area contributed by atoms with Crippen LogP contribution in [0.1, 0.15) is 25.0 Å². The molecule has 5 aromatic carbocycles. The number of anilines is 6. The van der Waals surface area contributed by atoms with E-state index in [0.29, 0.717) is 43.5 Å². The topological polar surface area (TPSA) is 216 Å². The first-order valence-electron chi connectivity index (χ1n) is 21.7. The number of carbonyl (C=O) groups is 6. The summed E-state index contributed by atoms with van der Waals surface area (Å²) in [5, 5.41) is 10.0. The van der Waals surface area contributed by atoms with Crippen molar-refractivity contribution in [3.05, 3.63) is 144 Å². The van der Waals surface area contributed by atoms with E-state index in [1.165, 1.54) is 96.8 Å². The molecule has 0 radical (unpaired) electrons. The number of hydrogen-bond acceptors (Lipinski definition) is 10. The highest BCUT2D eigenvalue weighted by molar-refractivity contribution is 7.94. The monoisotopic (exact) mass is 1000 g/mol. The fraction of sp³-hybridized carbons (Fsp3) is 0.250. The first-order valence-corrected chi connectivity index (χ1v) is 23.1. The number of methoxy groups -OCH3 is 2. The third-order valence-corrected chi connectivity index (χ3v) is 12.7. The standard InChI is InChI=1S/C48H48F4N8O10S/c1-5-57(37-15-11-35(12-16-37)53-47(65)69-3)45(63)39(23-29-19-31(49)25-32(50)20-29)55-43(61)27-59-41-9-7-8-10-42(41)60(71(59,67)68)28-44(62)56-40(24-30-21-33(51)26-34(52)22-30)46(64)58(6-2)38-17-13-36(14-18-38)54-48(66)70-4/h7-22,25-26,39-40H,5-6,23-24,27-28H2,1-4H3,(H,53,65)(H,54,66)(H,55,61)(H,56,62)/t39-,40-/m0/s1. The summed E-state index contributed by atoms with van der Waals surface area (Å²) in [6.45, 7) is 1.41. The van der Waals surface area contributed by atoms with Crippen LogP contribution in [0.5, 0.6) is 0 Å². The molecule has 2 atom stereocenters. The van der Waals surface area contributed by atoms with E-state index in [-0.39, 0.29) is 35.6 Å². The second-order valence-corrected chi connectivity index (χ2v) is 17.5. The van der Waals surface area contributed by atoms with Crippen LogP contribution in [0, 0.1) is 23.3 Å². The summed E-state index contributed by atoms with van der Waals surface area (Å²) >= 11 is 0. The molecule has 0 bridgehead atoms. The van der Waals surface area contributed by atoms with E-state index in [1.54, 1.807) is 13.8 Å². The summed E-state index contributed by atoms with van der Waals surface area (Å²) in [4.78, 5) is 82.5. The summed E-state index contributed by atoms with van der Waals surface area (Å²) in [6, 6.07) is 19.7. The Kier molecular flexibility index (Phi) is 16.8. The van der Waals surface area contributed by atoms with Gasteiger partial charge in [0, 0.05) is 60.8 Å². The van der Waals surface area contributed by atoms with Crippen molar-refractivity contribution in [2.45, 2.75) is 38.8 Å². The Bertz CT molecular complexity index is 2690. The zero-order valence-electron chi connectivity index (χ0n) is 38.6. The van der Waals surface area contributed by atoms with Crippen molar-refractivity contribution in [1.29, 1.82) is 0 Å². The van der Waals surface area contributed by atoms with Gasteiger partial charge >= 0.3 is 22.4 Å². The predicted octanol–water partition coefficient (Wildman–Crippen LogP) is 6.03. The molecule has 0 aromatic heterocycles. The van der Waals surface area contributed by atoms with Crippen LogP contribution in [0.2, 0.25) is 0 Å². The van der Waals surface area contributed by atoms with Crippen molar-refractivity contribution in [3.63, 3.8) is 0 Å². The highest BCUT2D eigenvalue weighted by Crippen LogP contribution is 2.40. The molecule has 23 heteroatoms. The number of halogens is 4. The lowest BCUT2D eigenvalue weighted by molar-refractivity contribution is -0.126. The van der Waals surface area contributed by atoms with Crippen LogP contribution < -0.4 is 39.7 Å². The fourth-order valence-corrected chi connectivity index (χ4v) is 9.36. The van der Waals surface area contributed by atoms with Gasteiger partial charge in [-0.2, -0.15) is 8.42 Å². The van der Waals surface area contributed by atoms with Gasteiger partial charge in [-0.3, -0.25) is 29.8 Å². The van der Waals surface area contributed by atoms with E-state index in [0.717, 1.165) is 24.3 Å². The number of amides is 6. The summed E-state index contributed by atoms with van der Waals surface area (Å²) < 4.78 is 97.0. The minimum absolute atomic E-state index is 0.0154. The smallest absolute Gasteiger partial charge is 0.411 e. The summed E-state index contributed by atoms with van der Waals surface area (Å²) in [5.41, 5.74) is 1.14. The van der Waals surface area contributed by atoms with Gasteiger partial charge in [0.05, 0.1) is 25.6 Å². The maximum Gasteiger partial charge on any atom is 0.411 e. The Morgan fingerprint density at radius 3 is 1.20 bits per heavy atom. The number of nitrogens with one attached hydrogen (secondary N) is 4. The van der Waals surface area contributed by atoms with Crippen LogP contribution in [-0.4, -0.2) is 96.7 Å². The van der Waals surface area contributed by atoms with Gasteiger partial charge in [-0.25, -0.2) is 35.8 Å². The van der Waals surface area contributed by atoms with Gasteiger partial charge < -0.3 is 29.9 Å². The molecule has 1 aliphatic heterocycles. The number of benzene rings is 5. The molecule has 18 nitrogen and oxygen atoms in total. The summed E-state index contributed by atoms with van der Waals surface area (Å²) in [6.07, 6.45) is -2.37. The lowest BCUT2D eigenvalue weighted by Gasteiger charge is -2.29. The van der Waals surface area contributed by atoms with E-state index in [9.17, 15) is 54.7 Å². The largest absolute Gasteiger partial charge is 0.453 e. The van der Waals surface area contributed by atoms with E-state index < -0.39 is 107 Å². The Morgan fingerprint density at radius 2 is 0.887 bits per heavy atom. The maximum absolute atomic E-state index is 14.4. The number of para-hydroxylation sites is 2. The zero-order valence-corrected chi connectivity index (χ0v) is 39.4. The number of fused-ring (bicyclic) bond motifs is 1. The van der Waals surface area contributed by atoms with Crippen LogP contribution in [0.15, 0.2) is 109 Å². The zero-order chi connectivity index (χ0) is 51.6. The molecular weight excluding hydrogens is 957 g/mol. The number of nitrogens with zero attached hydrogens (tertiary/aromatic N) is 4. The molecule has 0 aliphatic carbocycles. The molecular formula is C48H48F4N8O10S. The van der Waals surface area contributed by atoms with Gasteiger partial charge in [0.2, 0.25) is 23.6 Å². The molecule has 0 saturated carbocycles. The fourth-order valence-electron chi connectivity index (χ4n) is 7.75. The summed E-state index contributed by atoms with van der Waals surface area (Å²) in [7, 11) is -2.45. The van der Waals surface area contributed by atoms with Crippen LogP contribution in [-0.2, 0) is 51.7 Å². The molecule has 5 aromatic rings. The average molecular weight is 1010 g/mol. The normalized spacial score (nSPS) is 13.2. The van der Waals surface area contributed by atoms with E-state index in [1.807, 2.05) is 0 Å². The van der Waals surface area contributed by atoms with Crippen molar-refractivity contribution >= 4 is 80.1 Å². The second-order valence-electron chi connectivity index (χ2n) is 15.7. The first kappa shape index (κ1) is 52.2. The third kappa shape index (κ3) is 12.9. The van der Waals surface area contributed by atoms with Crippen molar-refractivity contribution in [2.24, 2.45) is 0 Å². The molecule has 1 aliphatic rings. The summed E-state index contributed by atoms with van der Waals surface area (Å²) in [5.74, 6) is -7.37. The van der Waals surface area contributed by atoms with E-state index in [2.05, 4.69) is 30.7 Å². The molecule has 1 heterocycles. The average Bonchev–Trinajstić information content (AvgIpc) is 3.52. The SMILES string of the molecule is CCN(C(=O)[C@H](Cc1cc(F)cc(F)c1)NC(=O)CN1c2ccccc2N(CC(=O)N[C@@H](Cc2cc(F)cc(F)c2)C(=O)N(CC)c2ccc(NC(=O)OC)cc2)S1(=O)=O)c1ccc(NC(=O)OC)cc1. The Hall–Kier alpha value is -8.21. The van der Waals surface area contributed by atoms with Gasteiger partial charge in [0.1, 0.15) is 48.4 Å². The van der Waals surface area contributed by atoms with E-state index in [4.69, 9.17) is 0 Å². The first-order chi connectivity index (χ1) is 33.8. The van der Waals surface area contributed by atoms with Gasteiger partial charge in [0.15, 0.2) is 0 Å². The highest BCUT2D eigenvalue weighted by Gasteiger charge is 2.43. The Labute approximate surface area is 405 Å². The van der Waals surface area contributed by atoms with Gasteiger partial charge in [-0.05, 0) is 110 Å². The van der Waals surface area contributed by atoms with Crippen LogP contribution in [0.3, 0.4) is 0 Å². The molecule has 0 spiro atoms. The molecule has 0 saturated heterocycles. The van der Waals surface area contributed by atoms with Gasteiger partial charge in [-0.15, -0.1) is 0 Å². The van der Waals surface area contributed by atoms with E-state index >= 15 is 0 Å². The van der Waals surface area contributed by atoms with Crippen LogP contribution >= 0.6 is 0 Å². The second kappa shape index (κ2) is 22.9. The number of rotatable bonds is 18. The van der Waals surface area contributed by atoms with Crippen molar-refractivity contribution in [1.82, 2.24) is 10.6 Å². The van der Waals surface area contributed by atoms with Gasteiger partial charge in [-0.1, -0.05) is 12.1 Å². The van der Waals surface area contributed by atoms with Crippen molar-refractivity contribution in [3.8, 4) is 0 Å². The van der Waals surface area contributed by atoms with Crippen molar-refractivity contribution in [2.75, 3.05) is 69.4 Å². The van der Waals surface area contributed by atoms with Crippen LogP contribution in [0.4, 0.5) is 61.3 Å². The molecule has 6 amide bonds. The molecule has 0 unspecified atom stereocenters. The molecule has 374 valence electrons. The number of hydrogen-bond donors (Lipinski definition) is 4. The van der Waals surface area contributed by atoms with Gasteiger partial charge in [0.25, 0.3) is 0 Å². The number of ether oxygens (including phenoxy) is 2. The quantitative estimate of drug-likeness (QED) is 0.0748. The Morgan fingerprint density at radius 1 is 0.549 bits per heavy atom. The third-order valence-electron chi connectivity index (χ3n) is 10.9. The minimum atomic E-state index is -4.81. The lowest BCUT2D eigenvalue weighted by atomic mass is 10.0. The predicted molar refractivity (Wildman–Crippen MR) is 255 cm³/mol. The molecule has 71 heavy (non-hydrogen) atoms. The molecule has 0 fully saturated rings.